The average Bonchev–Trinajstić information content (AvgIpc) is 2.52. The van der Waals surface area contributed by atoms with Crippen molar-refractivity contribution in [1.29, 1.82) is 0 Å². The van der Waals surface area contributed by atoms with Gasteiger partial charge in [0, 0.05) is 19.6 Å². The summed E-state index contributed by atoms with van der Waals surface area (Å²) in [6, 6.07) is 0. The maximum atomic E-state index is 11.4. The summed E-state index contributed by atoms with van der Waals surface area (Å²) < 4.78 is 10.8. The van der Waals surface area contributed by atoms with Crippen LogP contribution in [0.25, 0.3) is 0 Å². The normalized spacial score (nSPS) is 20.5. The minimum Gasteiger partial charge on any atom is -0.394 e. The van der Waals surface area contributed by atoms with Gasteiger partial charge >= 0.3 is 5.69 Å². The first-order chi connectivity index (χ1) is 11.9. The highest BCUT2D eigenvalue weighted by Crippen LogP contribution is 2.33. The van der Waals surface area contributed by atoms with Crippen LogP contribution in [0.1, 0.15) is 13.8 Å². The molecule has 1 aromatic heterocycles. The Hall–Kier alpha value is -2.24. The molecule has 0 spiro atoms. The number of nitrogen functional groups attached to an aromatic ring is 1. The molecule has 2 atom stereocenters. The number of aliphatic hydroxyl groups is 1. The molecule has 1 aliphatic heterocycles. The number of anilines is 3. The van der Waals surface area contributed by atoms with Gasteiger partial charge in [-0.2, -0.15) is 9.97 Å². The van der Waals surface area contributed by atoms with E-state index < -0.39 is 4.92 Å². The second kappa shape index (κ2) is 8.74. The minimum atomic E-state index is -0.566. The largest absolute Gasteiger partial charge is 0.394 e. The van der Waals surface area contributed by atoms with Gasteiger partial charge < -0.3 is 30.5 Å². The Balaban J connectivity index is 2.21. The number of aromatic nitrogens is 2. The van der Waals surface area contributed by atoms with Gasteiger partial charge in [-0.15, -0.1) is 0 Å². The molecule has 1 aliphatic rings. The first-order valence-electron chi connectivity index (χ1n) is 8.07. The molecule has 0 aromatic carbocycles. The van der Waals surface area contributed by atoms with Gasteiger partial charge in [-0.3, -0.25) is 10.1 Å². The van der Waals surface area contributed by atoms with Crippen LogP contribution in [0, 0.1) is 10.1 Å². The van der Waals surface area contributed by atoms with E-state index >= 15 is 0 Å². The zero-order valence-corrected chi connectivity index (χ0v) is 14.3. The Morgan fingerprint density at radius 3 is 2.68 bits per heavy atom. The molecule has 2 rings (SSSR count). The second-order valence-corrected chi connectivity index (χ2v) is 5.79. The summed E-state index contributed by atoms with van der Waals surface area (Å²) >= 11 is 0. The van der Waals surface area contributed by atoms with Gasteiger partial charge in [-0.25, -0.2) is 0 Å². The summed E-state index contributed by atoms with van der Waals surface area (Å²) in [5, 5.41) is 23.0. The molecule has 0 aliphatic carbocycles. The van der Waals surface area contributed by atoms with Crippen molar-refractivity contribution < 1.29 is 19.5 Å². The molecular formula is C14H24N6O5. The highest BCUT2D eigenvalue weighted by atomic mass is 16.6. The van der Waals surface area contributed by atoms with Gasteiger partial charge in [0.05, 0.1) is 37.0 Å². The fourth-order valence-electron chi connectivity index (χ4n) is 2.69. The molecule has 11 nitrogen and oxygen atoms in total. The third kappa shape index (κ3) is 5.11. The number of ether oxygens (including phenoxy) is 2. The van der Waals surface area contributed by atoms with Gasteiger partial charge in [0.2, 0.25) is 17.6 Å². The quantitative estimate of drug-likeness (QED) is 0.330. The summed E-state index contributed by atoms with van der Waals surface area (Å²) in [4.78, 5) is 20.9. The molecule has 11 heteroatoms. The third-order valence-electron chi connectivity index (χ3n) is 3.56. The van der Waals surface area contributed by atoms with Gasteiger partial charge in [-0.1, -0.05) is 0 Å². The molecule has 0 amide bonds. The van der Waals surface area contributed by atoms with E-state index in [4.69, 9.17) is 20.3 Å². The van der Waals surface area contributed by atoms with Crippen molar-refractivity contribution in [1.82, 2.24) is 9.97 Å². The van der Waals surface area contributed by atoms with Crippen LogP contribution in [0.4, 0.5) is 23.3 Å². The first kappa shape index (κ1) is 19.1. The van der Waals surface area contributed by atoms with E-state index in [1.807, 2.05) is 13.8 Å². The topological polar surface area (TPSA) is 149 Å². The molecule has 4 N–H and O–H groups in total. The molecule has 0 radical (unpaired) electrons. The van der Waals surface area contributed by atoms with E-state index in [0.29, 0.717) is 26.2 Å². The number of nitrogens with one attached hydrogen (secondary N) is 1. The standard InChI is InChI=1S/C14H24N6O5/c1-9-7-19(8-10(2)25-9)13-11(20(22)23)12(15)17-14(18-13)16-3-5-24-6-4-21/h9-10,21H,3-8H2,1-2H3,(H3,15,16,17,18)/t9-,10-/m0/s1. The Bertz CT molecular complexity index is 591. The van der Waals surface area contributed by atoms with Crippen LogP contribution in [0.15, 0.2) is 0 Å². The van der Waals surface area contributed by atoms with Crippen molar-refractivity contribution in [2.24, 2.45) is 0 Å². The van der Waals surface area contributed by atoms with E-state index in [1.54, 1.807) is 4.90 Å². The van der Waals surface area contributed by atoms with Gasteiger partial charge in [-0.05, 0) is 13.8 Å². The fraction of sp³-hybridized carbons (Fsp3) is 0.714. The SMILES string of the molecule is C[C@H]1CN(c2nc(NCCOCCO)nc(N)c2[N+](=O)[O-])C[C@H](C)O1. The van der Waals surface area contributed by atoms with Crippen LogP contribution in [-0.2, 0) is 9.47 Å². The predicted molar refractivity (Wildman–Crippen MR) is 91.7 cm³/mol. The summed E-state index contributed by atoms with van der Waals surface area (Å²) in [7, 11) is 0. The zero-order chi connectivity index (χ0) is 18.4. The van der Waals surface area contributed by atoms with Crippen molar-refractivity contribution in [2.45, 2.75) is 26.1 Å². The minimum absolute atomic E-state index is 0.0570. The molecule has 140 valence electrons. The first-order valence-corrected chi connectivity index (χ1v) is 8.07. The number of nitrogens with zero attached hydrogens (tertiary/aromatic N) is 4. The van der Waals surface area contributed by atoms with E-state index in [-0.39, 0.29) is 48.7 Å². The lowest BCUT2D eigenvalue weighted by molar-refractivity contribution is -0.383. The van der Waals surface area contributed by atoms with E-state index in [2.05, 4.69) is 15.3 Å². The number of aliphatic hydroxyl groups excluding tert-OH is 1. The summed E-state index contributed by atoms with van der Waals surface area (Å²) in [5.74, 6) is 0.177. The molecule has 2 heterocycles. The van der Waals surface area contributed by atoms with Crippen LogP contribution in [0.3, 0.4) is 0 Å². The van der Waals surface area contributed by atoms with Crippen LogP contribution < -0.4 is 16.0 Å². The highest BCUT2D eigenvalue weighted by Gasteiger charge is 2.31. The number of rotatable bonds is 8. The summed E-state index contributed by atoms with van der Waals surface area (Å²) in [6.45, 7) is 5.64. The average molecular weight is 356 g/mol. The summed E-state index contributed by atoms with van der Waals surface area (Å²) in [5.41, 5.74) is 5.49. The molecular weight excluding hydrogens is 332 g/mol. The Morgan fingerprint density at radius 2 is 2.08 bits per heavy atom. The number of nitrogens with two attached hydrogens (primary N) is 1. The van der Waals surface area contributed by atoms with E-state index in [0.717, 1.165) is 0 Å². The van der Waals surface area contributed by atoms with Crippen LogP contribution in [-0.4, -0.2) is 71.7 Å². The third-order valence-corrected chi connectivity index (χ3v) is 3.56. The van der Waals surface area contributed by atoms with E-state index in [1.165, 1.54) is 0 Å². The Labute approximate surface area is 145 Å². The molecule has 25 heavy (non-hydrogen) atoms. The molecule has 1 fully saturated rings. The maximum absolute atomic E-state index is 11.4. The predicted octanol–water partition coefficient (Wildman–Crippen LogP) is 0.00140. The second-order valence-electron chi connectivity index (χ2n) is 5.79. The molecule has 0 saturated carbocycles. The lowest BCUT2D eigenvalue weighted by Gasteiger charge is -2.35. The lowest BCUT2D eigenvalue weighted by atomic mass is 10.2. The van der Waals surface area contributed by atoms with Crippen molar-refractivity contribution in [3.63, 3.8) is 0 Å². The molecule has 1 saturated heterocycles. The van der Waals surface area contributed by atoms with Crippen molar-refractivity contribution in [3.8, 4) is 0 Å². The number of nitro groups is 1. The monoisotopic (exact) mass is 356 g/mol. The van der Waals surface area contributed by atoms with Crippen LogP contribution >= 0.6 is 0 Å². The number of morpholine rings is 1. The smallest absolute Gasteiger partial charge is 0.353 e. The van der Waals surface area contributed by atoms with E-state index in [9.17, 15) is 10.1 Å². The fourth-order valence-corrected chi connectivity index (χ4v) is 2.69. The maximum Gasteiger partial charge on any atom is 0.353 e. The van der Waals surface area contributed by atoms with Crippen molar-refractivity contribution >= 4 is 23.3 Å². The summed E-state index contributed by atoms with van der Waals surface area (Å²) in [6.07, 6.45) is -0.161. The number of hydrogen-bond acceptors (Lipinski definition) is 10. The van der Waals surface area contributed by atoms with Gasteiger partial charge in [0.15, 0.2) is 0 Å². The van der Waals surface area contributed by atoms with Crippen LogP contribution in [0.5, 0.6) is 0 Å². The van der Waals surface area contributed by atoms with Gasteiger partial charge in [0.1, 0.15) is 0 Å². The molecule has 0 bridgehead atoms. The Morgan fingerprint density at radius 1 is 1.40 bits per heavy atom. The lowest BCUT2D eigenvalue weighted by Crippen LogP contribution is -2.46. The van der Waals surface area contributed by atoms with Crippen molar-refractivity contribution in [2.75, 3.05) is 55.4 Å². The highest BCUT2D eigenvalue weighted by molar-refractivity contribution is 5.71. The Kier molecular flexibility index (Phi) is 6.67. The van der Waals surface area contributed by atoms with Crippen molar-refractivity contribution in [3.05, 3.63) is 10.1 Å². The molecule has 1 aromatic rings. The molecule has 0 unspecified atom stereocenters. The number of hydrogen-bond donors (Lipinski definition) is 3. The zero-order valence-electron chi connectivity index (χ0n) is 14.3. The van der Waals surface area contributed by atoms with Gasteiger partial charge in [0.25, 0.3) is 0 Å². The van der Waals surface area contributed by atoms with Crippen LogP contribution in [0.2, 0.25) is 0 Å².